The molecule has 0 atom stereocenters. The third kappa shape index (κ3) is 2.85. The largest absolute Gasteiger partial charge is 0.396 e. The number of halogens is 1. The molecule has 0 saturated heterocycles. The standard InChI is InChI=1S/C11H10BrN3O2S/c12-8-1-2-9(15-5-8)7-18(16,17)11-3-4-14-6-10(11)13/h1-6H,7,13H2. The Bertz CT molecular complexity index is 656. The summed E-state index contributed by atoms with van der Waals surface area (Å²) in [5, 5.41) is 0. The topological polar surface area (TPSA) is 85.9 Å². The fourth-order valence-corrected chi connectivity index (χ4v) is 3.07. The maximum Gasteiger partial charge on any atom is 0.186 e. The normalized spacial score (nSPS) is 11.4. The number of nitrogens with two attached hydrogens (primary N) is 1. The first-order valence-electron chi connectivity index (χ1n) is 5.02. The van der Waals surface area contributed by atoms with Crippen LogP contribution >= 0.6 is 15.9 Å². The lowest BCUT2D eigenvalue weighted by Crippen LogP contribution is -2.09. The fourth-order valence-electron chi connectivity index (χ4n) is 1.44. The van der Waals surface area contributed by atoms with Gasteiger partial charge in [0.05, 0.1) is 28.2 Å². The number of pyridine rings is 2. The van der Waals surface area contributed by atoms with Gasteiger partial charge in [0.1, 0.15) is 0 Å². The third-order valence-corrected chi connectivity index (χ3v) is 4.46. The lowest BCUT2D eigenvalue weighted by atomic mass is 10.4. The Hall–Kier alpha value is -1.47. The molecule has 0 aliphatic heterocycles. The van der Waals surface area contributed by atoms with Gasteiger partial charge in [0.15, 0.2) is 9.84 Å². The molecule has 18 heavy (non-hydrogen) atoms. The van der Waals surface area contributed by atoms with Crippen molar-refractivity contribution in [2.75, 3.05) is 5.73 Å². The number of rotatable bonds is 3. The maximum atomic E-state index is 12.1. The lowest BCUT2D eigenvalue weighted by molar-refractivity contribution is 0.595. The van der Waals surface area contributed by atoms with Crippen molar-refractivity contribution in [1.82, 2.24) is 9.97 Å². The van der Waals surface area contributed by atoms with Gasteiger partial charge in [-0.25, -0.2) is 8.42 Å². The molecule has 2 aromatic heterocycles. The van der Waals surface area contributed by atoms with Crippen molar-refractivity contribution in [1.29, 1.82) is 0 Å². The summed E-state index contributed by atoms with van der Waals surface area (Å²) in [6, 6.07) is 4.79. The predicted molar refractivity (Wildman–Crippen MR) is 71.5 cm³/mol. The van der Waals surface area contributed by atoms with E-state index < -0.39 is 9.84 Å². The van der Waals surface area contributed by atoms with Crippen LogP contribution in [0.4, 0.5) is 5.69 Å². The smallest absolute Gasteiger partial charge is 0.186 e. The summed E-state index contributed by atoms with van der Waals surface area (Å²) in [6.07, 6.45) is 4.28. The van der Waals surface area contributed by atoms with E-state index in [-0.39, 0.29) is 16.3 Å². The molecule has 0 spiro atoms. The molecule has 0 radical (unpaired) electrons. The van der Waals surface area contributed by atoms with Crippen LogP contribution in [0.3, 0.4) is 0 Å². The van der Waals surface area contributed by atoms with E-state index in [2.05, 4.69) is 25.9 Å². The first-order chi connectivity index (χ1) is 8.49. The Morgan fingerprint density at radius 3 is 2.61 bits per heavy atom. The van der Waals surface area contributed by atoms with Gasteiger partial charge in [-0.15, -0.1) is 0 Å². The minimum absolute atomic E-state index is 0.0854. The number of anilines is 1. The van der Waals surface area contributed by atoms with Crippen molar-refractivity contribution in [3.05, 3.63) is 47.0 Å². The predicted octanol–water partition coefficient (Wildman–Crippen LogP) is 1.80. The zero-order chi connectivity index (χ0) is 13.2. The molecule has 2 heterocycles. The molecule has 7 heteroatoms. The van der Waals surface area contributed by atoms with Crippen LogP contribution in [0.25, 0.3) is 0 Å². The van der Waals surface area contributed by atoms with E-state index in [4.69, 9.17) is 5.73 Å². The molecule has 0 bridgehead atoms. The molecular weight excluding hydrogens is 318 g/mol. The molecule has 0 aliphatic carbocycles. The maximum absolute atomic E-state index is 12.1. The molecule has 0 aliphatic rings. The van der Waals surface area contributed by atoms with Crippen molar-refractivity contribution < 1.29 is 8.42 Å². The fraction of sp³-hybridized carbons (Fsp3) is 0.0909. The monoisotopic (exact) mass is 327 g/mol. The molecule has 5 nitrogen and oxygen atoms in total. The van der Waals surface area contributed by atoms with E-state index in [0.717, 1.165) is 4.47 Å². The minimum atomic E-state index is -3.50. The molecule has 2 rings (SSSR count). The van der Waals surface area contributed by atoms with E-state index in [1.165, 1.54) is 18.5 Å². The van der Waals surface area contributed by atoms with E-state index >= 15 is 0 Å². The molecule has 0 amide bonds. The van der Waals surface area contributed by atoms with Crippen LogP contribution in [-0.4, -0.2) is 18.4 Å². The Morgan fingerprint density at radius 1 is 1.22 bits per heavy atom. The van der Waals surface area contributed by atoms with Crippen LogP contribution in [-0.2, 0) is 15.6 Å². The minimum Gasteiger partial charge on any atom is -0.396 e. The number of hydrogen-bond donors (Lipinski definition) is 1. The Kier molecular flexibility index (Phi) is 3.63. The number of aromatic nitrogens is 2. The highest BCUT2D eigenvalue weighted by atomic mass is 79.9. The summed E-state index contributed by atoms with van der Waals surface area (Å²) < 4.78 is 25.1. The quantitative estimate of drug-likeness (QED) is 0.928. The van der Waals surface area contributed by atoms with Gasteiger partial charge in [-0.2, -0.15) is 0 Å². The molecule has 0 aromatic carbocycles. The lowest BCUT2D eigenvalue weighted by Gasteiger charge is -2.06. The summed E-state index contributed by atoms with van der Waals surface area (Å²) >= 11 is 3.24. The summed E-state index contributed by atoms with van der Waals surface area (Å²) in [7, 11) is -3.50. The van der Waals surface area contributed by atoms with Crippen LogP contribution in [0.2, 0.25) is 0 Å². The number of sulfone groups is 1. The Morgan fingerprint density at radius 2 is 2.00 bits per heavy atom. The van der Waals surface area contributed by atoms with Crippen molar-refractivity contribution in [3.63, 3.8) is 0 Å². The van der Waals surface area contributed by atoms with Crippen molar-refractivity contribution >= 4 is 31.5 Å². The van der Waals surface area contributed by atoms with Crippen molar-refractivity contribution in [2.45, 2.75) is 10.6 Å². The number of hydrogen-bond acceptors (Lipinski definition) is 5. The average molecular weight is 328 g/mol. The molecule has 0 unspecified atom stereocenters. The van der Waals surface area contributed by atoms with Gasteiger partial charge in [0.2, 0.25) is 0 Å². The first-order valence-corrected chi connectivity index (χ1v) is 7.46. The molecule has 0 fully saturated rings. The highest BCUT2D eigenvalue weighted by Crippen LogP contribution is 2.20. The van der Waals surface area contributed by atoms with Gasteiger partial charge in [-0.05, 0) is 34.1 Å². The Balaban J connectivity index is 2.33. The summed E-state index contributed by atoms with van der Waals surface area (Å²) in [5.41, 5.74) is 6.23. The van der Waals surface area contributed by atoms with Crippen LogP contribution in [0, 0.1) is 0 Å². The van der Waals surface area contributed by atoms with Gasteiger partial charge in [-0.3, -0.25) is 9.97 Å². The third-order valence-electron chi connectivity index (χ3n) is 2.27. The molecular formula is C11H10BrN3O2S. The Labute approximate surface area is 113 Å². The highest BCUT2D eigenvalue weighted by molar-refractivity contribution is 9.10. The SMILES string of the molecule is Nc1cnccc1S(=O)(=O)Cc1ccc(Br)cn1. The van der Waals surface area contributed by atoms with Crippen molar-refractivity contribution in [2.24, 2.45) is 0 Å². The van der Waals surface area contributed by atoms with Crippen LogP contribution in [0.15, 0.2) is 46.2 Å². The van der Waals surface area contributed by atoms with E-state index in [9.17, 15) is 8.42 Å². The van der Waals surface area contributed by atoms with Gasteiger partial charge in [0, 0.05) is 16.9 Å². The summed E-state index contributed by atoms with van der Waals surface area (Å²) in [4.78, 5) is 7.89. The number of nitrogens with zero attached hydrogens (tertiary/aromatic N) is 2. The van der Waals surface area contributed by atoms with E-state index in [1.54, 1.807) is 18.3 Å². The first kappa shape index (κ1) is 13.0. The number of nitrogen functional groups attached to an aromatic ring is 1. The van der Waals surface area contributed by atoms with E-state index in [0.29, 0.717) is 5.69 Å². The van der Waals surface area contributed by atoms with Crippen molar-refractivity contribution in [3.8, 4) is 0 Å². The second-order valence-corrected chi connectivity index (χ2v) is 6.51. The second kappa shape index (κ2) is 5.03. The molecule has 0 saturated carbocycles. The average Bonchev–Trinajstić information content (AvgIpc) is 2.32. The van der Waals surface area contributed by atoms with Gasteiger partial charge in [0.25, 0.3) is 0 Å². The van der Waals surface area contributed by atoms with Gasteiger partial charge >= 0.3 is 0 Å². The van der Waals surface area contributed by atoms with Gasteiger partial charge < -0.3 is 5.73 Å². The summed E-state index contributed by atoms with van der Waals surface area (Å²) in [5.74, 6) is -0.186. The van der Waals surface area contributed by atoms with Gasteiger partial charge in [-0.1, -0.05) is 0 Å². The zero-order valence-electron chi connectivity index (χ0n) is 9.25. The van der Waals surface area contributed by atoms with Crippen LogP contribution in [0.1, 0.15) is 5.69 Å². The van der Waals surface area contributed by atoms with E-state index in [1.807, 2.05) is 0 Å². The zero-order valence-corrected chi connectivity index (χ0v) is 11.6. The summed E-state index contributed by atoms with van der Waals surface area (Å²) in [6.45, 7) is 0. The highest BCUT2D eigenvalue weighted by Gasteiger charge is 2.18. The molecule has 2 N–H and O–H groups in total. The van der Waals surface area contributed by atoms with Crippen LogP contribution in [0.5, 0.6) is 0 Å². The second-order valence-electron chi connectivity index (χ2n) is 3.64. The molecule has 94 valence electrons. The molecule has 2 aromatic rings. The van der Waals surface area contributed by atoms with Crippen LogP contribution < -0.4 is 5.73 Å².